The standard InChI is InChI=1S/C12H16F2N2O2/c1-8(17)6-16(2)7-12(18)15-11-4-3-9(13)5-10(11)14/h3-5,8,17H,6-7H2,1-2H3,(H,15,18). The Hall–Kier alpha value is -1.53. The SMILES string of the molecule is CC(O)CN(C)CC(=O)Nc1ccc(F)cc1F. The molecule has 4 nitrogen and oxygen atoms in total. The number of carbonyl (C=O) groups excluding carboxylic acids is 1. The summed E-state index contributed by atoms with van der Waals surface area (Å²) in [7, 11) is 1.66. The number of halogens is 2. The molecule has 2 N–H and O–H groups in total. The summed E-state index contributed by atoms with van der Waals surface area (Å²) < 4.78 is 25.9. The highest BCUT2D eigenvalue weighted by atomic mass is 19.1. The largest absolute Gasteiger partial charge is 0.392 e. The summed E-state index contributed by atoms with van der Waals surface area (Å²) in [6.07, 6.45) is -0.551. The summed E-state index contributed by atoms with van der Waals surface area (Å²) >= 11 is 0. The van der Waals surface area contributed by atoms with Crippen LogP contribution in [0.5, 0.6) is 0 Å². The van der Waals surface area contributed by atoms with Gasteiger partial charge in [-0.2, -0.15) is 0 Å². The van der Waals surface area contributed by atoms with Crippen molar-refractivity contribution in [2.45, 2.75) is 13.0 Å². The highest BCUT2D eigenvalue weighted by Crippen LogP contribution is 2.14. The summed E-state index contributed by atoms with van der Waals surface area (Å²) in [5, 5.41) is 11.5. The molecule has 1 atom stereocenters. The minimum atomic E-state index is -0.818. The molecule has 0 spiro atoms. The molecule has 1 aromatic carbocycles. The van der Waals surface area contributed by atoms with Crippen molar-refractivity contribution in [2.24, 2.45) is 0 Å². The third-order valence-corrected chi connectivity index (χ3v) is 2.19. The van der Waals surface area contributed by atoms with Crippen LogP contribution in [0.15, 0.2) is 18.2 Å². The van der Waals surface area contributed by atoms with E-state index < -0.39 is 23.6 Å². The molecule has 18 heavy (non-hydrogen) atoms. The van der Waals surface area contributed by atoms with Crippen LogP contribution in [0.25, 0.3) is 0 Å². The van der Waals surface area contributed by atoms with Crippen LogP contribution < -0.4 is 5.32 Å². The van der Waals surface area contributed by atoms with E-state index in [2.05, 4.69) is 5.32 Å². The van der Waals surface area contributed by atoms with Crippen molar-refractivity contribution in [3.05, 3.63) is 29.8 Å². The molecule has 6 heteroatoms. The van der Waals surface area contributed by atoms with Crippen LogP contribution in [0.2, 0.25) is 0 Å². The Morgan fingerprint density at radius 1 is 1.50 bits per heavy atom. The van der Waals surface area contributed by atoms with Crippen molar-refractivity contribution in [3.8, 4) is 0 Å². The first-order valence-electron chi connectivity index (χ1n) is 5.50. The fraction of sp³-hybridized carbons (Fsp3) is 0.417. The Morgan fingerprint density at radius 3 is 2.72 bits per heavy atom. The molecule has 0 aliphatic rings. The number of aliphatic hydroxyl groups is 1. The second-order valence-corrected chi connectivity index (χ2v) is 4.22. The minimum absolute atomic E-state index is 0.0156. The van der Waals surface area contributed by atoms with E-state index in [4.69, 9.17) is 5.11 Å². The summed E-state index contributed by atoms with van der Waals surface area (Å²) in [6, 6.07) is 2.94. The Balaban J connectivity index is 2.54. The monoisotopic (exact) mass is 258 g/mol. The molecule has 0 heterocycles. The first kappa shape index (κ1) is 14.5. The number of hydrogen-bond donors (Lipinski definition) is 2. The zero-order chi connectivity index (χ0) is 13.7. The highest BCUT2D eigenvalue weighted by molar-refractivity contribution is 5.92. The summed E-state index contributed by atoms with van der Waals surface area (Å²) in [4.78, 5) is 13.1. The van der Waals surface area contributed by atoms with Crippen molar-refractivity contribution in [1.82, 2.24) is 4.90 Å². The number of nitrogens with zero attached hydrogens (tertiary/aromatic N) is 1. The third kappa shape index (κ3) is 4.77. The molecule has 1 amide bonds. The molecule has 0 aliphatic heterocycles. The predicted molar refractivity (Wildman–Crippen MR) is 64.2 cm³/mol. The Morgan fingerprint density at radius 2 is 2.17 bits per heavy atom. The van der Waals surface area contributed by atoms with Crippen LogP contribution in [-0.4, -0.2) is 42.2 Å². The zero-order valence-corrected chi connectivity index (χ0v) is 10.3. The van der Waals surface area contributed by atoms with Gasteiger partial charge in [0.1, 0.15) is 11.6 Å². The number of benzene rings is 1. The number of likely N-dealkylation sites (N-methyl/N-ethyl adjacent to an activating group) is 1. The third-order valence-electron chi connectivity index (χ3n) is 2.19. The van der Waals surface area contributed by atoms with Crippen LogP contribution in [0.4, 0.5) is 14.5 Å². The van der Waals surface area contributed by atoms with Crippen molar-refractivity contribution in [2.75, 3.05) is 25.5 Å². The van der Waals surface area contributed by atoms with Crippen molar-refractivity contribution >= 4 is 11.6 Å². The van der Waals surface area contributed by atoms with E-state index in [-0.39, 0.29) is 12.2 Å². The van der Waals surface area contributed by atoms with E-state index in [0.29, 0.717) is 12.6 Å². The van der Waals surface area contributed by atoms with Gasteiger partial charge in [-0.3, -0.25) is 9.69 Å². The van der Waals surface area contributed by atoms with Crippen LogP contribution in [0.3, 0.4) is 0 Å². The number of carbonyl (C=O) groups is 1. The fourth-order valence-corrected chi connectivity index (χ4v) is 1.54. The van der Waals surface area contributed by atoms with Crippen LogP contribution in [-0.2, 0) is 4.79 Å². The van der Waals surface area contributed by atoms with Crippen LogP contribution in [0.1, 0.15) is 6.92 Å². The normalized spacial score (nSPS) is 12.6. The maximum Gasteiger partial charge on any atom is 0.238 e. The smallest absolute Gasteiger partial charge is 0.238 e. The van der Waals surface area contributed by atoms with E-state index in [1.807, 2.05) is 0 Å². The van der Waals surface area contributed by atoms with Crippen molar-refractivity contribution in [1.29, 1.82) is 0 Å². The Bertz CT molecular complexity index is 425. The number of amides is 1. The molecule has 1 rings (SSSR count). The molecule has 0 aliphatic carbocycles. The predicted octanol–water partition coefficient (Wildman–Crippen LogP) is 1.22. The summed E-state index contributed by atoms with van der Waals surface area (Å²) in [5.41, 5.74) is -0.0631. The first-order valence-corrected chi connectivity index (χ1v) is 5.50. The quantitative estimate of drug-likeness (QED) is 0.835. The topological polar surface area (TPSA) is 52.6 Å². The maximum atomic E-state index is 13.3. The van der Waals surface area contributed by atoms with Gasteiger partial charge in [0, 0.05) is 12.6 Å². The van der Waals surface area contributed by atoms with Gasteiger partial charge in [-0.15, -0.1) is 0 Å². The number of nitrogens with one attached hydrogen (secondary N) is 1. The lowest BCUT2D eigenvalue weighted by Gasteiger charge is -2.17. The highest BCUT2D eigenvalue weighted by Gasteiger charge is 2.11. The lowest BCUT2D eigenvalue weighted by molar-refractivity contribution is -0.117. The average Bonchev–Trinajstić information content (AvgIpc) is 2.20. The van der Waals surface area contributed by atoms with Crippen molar-refractivity contribution < 1.29 is 18.7 Å². The number of rotatable bonds is 5. The Kier molecular flexibility index (Phi) is 5.18. The fourth-order valence-electron chi connectivity index (χ4n) is 1.54. The molecule has 0 bridgehead atoms. The van der Waals surface area contributed by atoms with E-state index >= 15 is 0 Å². The molecule has 0 fully saturated rings. The van der Waals surface area contributed by atoms with Gasteiger partial charge in [-0.1, -0.05) is 0 Å². The number of aliphatic hydroxyl groups excluding tert-OH is 1. The molecule has 1 aromatic rings. The summed E-state index contributed by atoms with van der Waals surface area (Å²) in [5.74, 6) is -1.94. The van der Waals surface area contributed by atoms with Gasteiger partial charge in [0.25, 0.3) is 0 Å². The second kappa shape index (κ2) is 6.42. The van der Waals surface area contributed by atoms with E-state index in [0.717, 1.165) is 12.1 Å². The molecule has 0 saturated heterocycles. The van der Waals surface area contributed by atoms with Crippen LogP contribution in [0, 0.1) is 11.6 Å². The molecule has 0 aromatic heterocycles. The molecule has 100 valence electrons. The maximum absolute atomic E-state index is 13.3. The first-order chi connectivity index (χ1) is 8.38. The zero-order valence-electron chi connectivity index (χ0n) is 10.3. The van der Waals surface area contributed by atoms with E-state index in [1.54, 1.807) is 18.9 Å². The van der Waals surface area contributed by atoms with Gasteiger partial charge in [-0.25, -0.2) is 8.78 Å². The average molecular weight is 258 g/mol. The minimum Gasteiger partial charge on any atom is -0.392 e. The van der Waals surface area contributed by atoms with E-state index in [1.165, 1.54) is 0 Å². The van der Waals surface area contributed by atoms with Gasteiger partial charge in [0.15, 0.2) is 0 Å². The lowest BCUT2D eigenvalue weighted by Crippen LogP contribution is -2.34. The molecule has 0 saturated carbocycles. The molecular weight excluding hydrogens is 242 g/mol. The molecule has 0 radical (unpaired) electrons. The van der Waals surface area contributed by atoms with Crippen LogP contribution >= 0.6 is 0 Å². The van der Waals surface area contributed by atoms with Crippen molar-refractivity contribution in [3.63, 3.8) is 0 Å². The Labute approximate surface area is 104 Å². The molecular formula is C12H16F2N2O2. The van der Waals surface area contributed by atoms with Gasteiger partial charge >= 0.3 is 0 Å². The van der Waals surface area contributed by atoms with Gasteiger partial charge < -0.3 is 10.4 Å². The van der Waals surface area contributed by atoms with E-state index in [9.17, 15) is 13.6 Å². The second-order valence-electron chi connectivity index (χ2n) is 4.22. The van der Waals surface area contributed by atoms with Gasteiger partial charge in [0.2, 0.25) is 5.91 Å². The number of anilines is 1. The number of hydrogen-bond acceptors (Lipinski definition) is 3. The molecule has 1 unspecified atom stereocenters. The van der Waals surface area contributed by atoms with Gasteiger partial charge in [0.05, 0.1) is 18.3 Å². The lowest BCUT2D eigenvalue weighted by atomic mass is 10.3. The summed E-state index contributed by atoms with van der Waals surface area (Å²) in [6.45, 7) is 1.95. The van der Waals surface area contributed by atoms with Gasteiger partial charge in [-0.05, 0) is 26.1 Å².